The molecular weight excluding hydrogens is 622 g/mol. The minimum atomic E-state index is -4.31. The Balaban J connectivity index is 1.85. The van der Waals surface area contributed by atoms with E-state index in [0.717, 1.165) is 21.0 Å². The quantitative estimate of drug-likeness (QED) is 0.189. The first-order chi connectivity index (χ1) is 21.8. The van der Waals surface area contributed by atoms with Gasteiger partial charge in [-0.25, -0.2) is 8.42 Å². The number of ether oxygens (including phenoxy) is 1. The third kappa shape index (κ3) is 8.89. The van der Waals surface area contributed by atoms with Gasteiger partial charge in [-0.2, -0.15) is 0 Å². The van der Waals surface area contributed by atoms with Gasteiger partial charge in [-0.1, -0.05) is 90.0 Å². The second-order valence-corrected chi connectivity index (χ2v) is 14.4. The molecule has 0 heterocycles. The summed E-state index contributed by atoms with van der Waals surface area (Å²) in [5.41, 5.74) is 2.03. The highest BCUT2D eigenvalue weighted by Gasteiger charge is 2.36. The van der Waals surface area contributed by atoms with Crippen molar-refractivity contribution >= 4 is 39.1 Å². The molecule has 1 N–H and O–H groups in total. The number of sulfonamides is 1. The Morgan fingerprint density at radius 3 is 2.02 bits per heavy atom. The molecule has 0 aliphatic heterocycles. The van der Waals surface area contributed by atoms with Gasteiger partial charge in [0.2, 0.25) is 11.8 Å². The Kier molecular flexibility index (Phi) is 11.1. The van der Waals surface area contributed by atoms with Gasteiger partial charge < -0.3 is 15.0 Å². The molecule has 10 heteroatoms. The van der Waals surface area contributed by atoms with Gasteiger partial charge in [-0.3, -0.25) is 13.9 Å². The number of hydrogen-bond donors (Lipinski definition) is 1. The van der Waals surface area contributed by atoms with Crippen LogP contribution in [0.1, 0.15) is 37.5 Å². The van der Waals surface area contributed by atoms with Crippen LogP contribution in [0, 0.1) is 6.92 Å². The molecule has 0 saturated heterocycles. The van der Waals surface area contributed by atoms with Gasteiger partial charge in [-0.15, -0.1) is 0 Å². The van der Waals surface area contributed by atoms with Crippen LogP contribution < -0.4 is 14.4 Å². The lowest BCUT2D eigenvalue weighted by Gasteiger charge is -2.35. The fraction of sp³-hybridized carbons (Fsp3) is 0.278. The zero-order valence-electron chi connectivity index (χ0n) is 26.7. The Morgan fingerprint density at radius 1 is 0.870 bits per heavy atom. The van der Waals surface area contributed by atoms with Crippen LogP contribution in [-0.4, -0.2) is 50.4 Å². The number of carbonyl (C=O) groups excluding carboxylic acids is 2. The molecule has 0 aliphatic carbocycles. The first-order valence-electron chi connectivity index (χ1n) is 14.9. The number of rotatable bonds is 12. The number of methoxy groups -OCH3 is 1. The lowest BCUT2D eigenvalue weighted by atomic mass is 10.0. The number of nitrogens with zero attached hydrogens (tertiary/aromatic N) is 2. The van der Waals surface area contributed by atoms with Crippen LogP contribution in [0.3, 0.4) is 0 Å². The van der Waals surface area contributed by atoms with Gasteiger partial charge in [-0.05, 0) is 69.2 Å². The summed E-state index contributed by atoms with van der Waals surface area (Å²) in [4.78, 5) is 30.0. The molecule has 0 spiro atoms. The number of anilines is 1. The van der Waals surface area contributed by atoms with Crippen LogP contribution in [0.2, 0.25) is 5.02 Å². The first-order valence-corrected chi connectivity index (χ1v) is 16.7. The van der Waals surface area contributed by atoms with Crippen LogP contribution in [0.4, 0.5) is 5.69 Å². The van der Waals surface area contributed by atoms with Crippen molar-refractivity contribution < 1.29 is 22.7 Å². The van der Waals surface area contributed by atoms with Crippen molar-refractivity contribution in [2.24, 2.45) is 0 Å². The second kappa shape index (κ2) is 14.8. The maximum Gasteiger partial charge on any atom is 0.264 e. The van der Waals surface area contributed by atoms with Crippen molar-refractivity contribution in [3.63, 3.8) is 0 Å². The van der Waals surface area contributed by atoms with Crippen LogP contribution in [0.5, 0.6) is 5.75 Å². The van der Waals surface area contributed by atoms with Crippen LogP contribution in [0.15, 0.2) is 108 Å². The fourth-order valence-corrected chi connectivity index (χ4v) is 6.58. The number of amides is 2. The van der Waals surface area contributed by atoms with Crippen LogP contribution in [-0.2, 0) is 32.6 Å². The number of carbonyl (C=O) groups is 2. The number of benzene rings is 4. The topological polar surface area (TPSA) is 96.0 Å². The van der Waals surface area contributed by atoms with Crippen molar-refractivity contribution in [3.05, 3.63) is 125 Å². The van der Waals surface area contributed by atoms with E-state index in [1.165, 1.54) is 30.2 Å². The van der Waals surface area contributed by atoms with Gasteiger partial charge in [0.1, 0.15) is 18.3 Å². The molecule has 0 bridgehead atoms. The Morgan fingerprint density at radius 2 is 1.46 bits per heavy atom. The Bertz CT molecular complexity index is 1740. The van der Waals surface area contributed by atoms with Crippen molar-refractivity contribution in [3.8, 4) is 5.75 Å². The van der Waals surface area contributed by atoms with Crippen LogP contribution in [0.25, 0.3) is 0 Å². The summed E-state index contributed by atoms with van der Waals surface area (Å²) in [5.74, 6) is -0.714. The number of halogens is 1. The molecule has 0 saturated carbocycles. The van der Waals surface area contributed by atoms with Gasteiger partial charge in [0.05, 0.1) is 17.7 Å². The third-order valence-corrected chi connectivity index (χ3v) is 9.27. The van der Waals surface area contributed by atoms with E-state index in [4.69, 9.17) is 16.3 Å². The van der Waals surface area contributed by atoms with Gasteiger partial charge in [0.25, 0.3) is 10.0 Å². The van der Waals surface area contributed by atoms with E-state index < -0.39 is 34.1 Å². The van der Waals surface area contributed by atoms with Crippen molar-refractivity contribution in [2.75, 3.05) is 18.0 Å². The monoisotopic (exact) mass is 661 g/mol. The predicted octanol–water partition coefficient (Wildman–Crippen LogP) is 6.41. The van der Waals surface area contributed by atoms with E-state index in [-0.39, 0.29) is 40.2 Å². The summed E-state index contributed by atoms with van der Waals surface area (Å²) >= 11 is 6.36. The highest BCUT2D eigenvalue weighted by atomic mass is 35.5. The summed E-state index contributed by atoms with van der Waals surface area (Å²) in [5, 5.41) is 3.29. The summed E-state index contributed by atoms with van der Waals surface area (Å²) in [6.45, 7) is 6.92. The molecule has 0 fully saturated rings. The molecule has 242 valence electrons. The van der Waals surface area contributed by atoms with Crippen molar-refractivity contribution in [1.82, 2.24) is 10.2 Å². The molecule has 0 unspecified atom stereocenters. The lowest BCUT2D eigenvalue weighted by Crippen LogP contribution is -2.56. The van der Waals surface area contributed by atoms with Gasteiger partial charge >= 0.3 is 0 Å². The van der Waals surface area contributed by atoms with Crippen LogP contribution >= 0.6 is 11.6 Å². The highest BCUT2D eigenvalue weighted by Crippen LogP contribution is 2.35. The van der Waals surface area contributed by atoms with Crippen molar-refractivity contribution in [1.29, 1.82) is 0 Å². The molecular formula is C36H40ClN3O5S. The van der Waals surface area contributed by atoms with E-state index in [1.54, 1.807) is 24.3 Å². The number of nitrogens with one attached hydrogen (secondary N) is 1. The molecule has 2 amide bonds. The first kappa shape index (κ1) is 34.5. The van der Waals surface area contributed by atoms with E-state index >= 15 is 0 Å². The standard InChI is InChI=1S/C36H40ClN3O5S/c1-26-16-19-30(20-17-26)46(43,44)40(31-23-29(37)18-21-33(31)45-5)25-34(41)39(24-28-14-10-7-11-15-28)32(35(42)38-36(2,3)4)22-27-12-8-6-9-13-27/h6-21,23,32H,22,24-25H2,1-5H3,(H,38,42)/t32-/m1/s1. The Hall–Kier alpha value is -4.34. The smallest absolute Gasteiger partial charge is 0.264 e. The molecule has 8 nitrogen and oxygen atoms in total. The number of hydrogen-bond acceptors (Lipinski definition) is 5. The largest absolute Gasteiger partial charge is 0.495 e. The molecule has 4 aromatic carbocycles. The summed E-state index contributed by atoms with van der Waals surface area (Å²) in [6, 6.07) is 28.7. The van der Waals surface area contributed by atoms with E-state index in [2.05, 4.69) is 5.32 Å². The SMILES string of the molecule is COc1ccc(Cl)cc1N(CC(=O)N(Cc1ccccc1)[C@H](Cc1ccccc1)C(=O)NC(C)(C)C)S(=O)(=O)c1ccc(C)cc1. The Labute approximate surface area is 277 Å². The number of aryl methyl sites for hydroxylation is 1. The average molecular weight is 662 g/mol. The molecule has 0 aromatic heterocycles. The summed E-state index contributed by atoms with van der Waals surface area (Å²) < 4.78 is 35.1. The minimum absolute atomic E-state index is 0.00570. The molecule has 46 heavy (non-hydrogen) atoms. The maximum atomic E-state index is 14.6. The maximum absolute atomic E-state index is 14.6. The zero-order valence-corrected chi connectivity index (χ0v) is 28.3. The van der Waals surface area contributed by atoms with E-state index in [1.807, 2.05) is 88.4 Å². The fourth-order valence-electron chi connectivity index (χ4n) is 5.00. The second-order valence-electron chi connectivity index (χ2n) is 12.1. The molecule has 0 aliphatic rings. The normalized spacial score (nSPS) is 12.2. The molecule has 4 rings (SSSR count). The predicted molar refractivity (Wildman–Crippen MR) is 183 cm³/mol. The summed E-state index contributed by atoms with van der Waals surface area (Å²) in [7, 11) is -2.89. The third-order valence-electron chi connectivity index (χ3n) is 7.26. The lowest BCUT2D eigenvalue weighted by molar-refractivity contribution is -0.140. The van der Waals surface area contributed by atoms with Gasteiger partial charge in [0.15, 0.2) is 0 Å². The minimum Gasteiger partial charge on any atom is -0.495 e. The van der Waals surface area contributed by atoms with Crippen molar-refractivity contribution in [2.45, 2.75) is 57.1 Å². The highest BCUT2D eigenvalue weighted by molar-refractivity contribution is 7.92. The molecule has 4 aromatic rings. The average Bonchev–Trinajstić information content (AvgIpc) is 3.01. The molecule has 1 atom stereocenters. The van der Waals surface area contributed by atoms with E-state index in [9.17, 15) is 18.0 Å². The summed E-state index contributed by atoms with van der Waals surface area (Å²) in [6.07, 6.45) is 0.215. The van der Waals surface area contributed by atoms with E-state index in [0.29, 0.717) is 0 Å². The zero-order chi connectivity index (χ0) is 33.5. The van der Waals surface area contributed by atoms with Gasteiger partial charge in [0, 0.05) is 23.5 Å². The molecule has 0 radical (unpaired) electrons.